The van der Waals surface area contributed by atoms with Crippen molar-refractivity contribution < 1.29 is 4.74 Å². The van der Waals surface area contributed by atoms with Gasteiger partial charge in [-0.15, -0.1) is 11.3 Å². The summed E-state index contributed by atoms with van der Waals surface area (Å²) in [5.41, 5.74) is 5.63. The van der Waals surface area contributed by atoms with Gasteiger partial charge in [-0.2, -0.15) is 5.01 Å². The molecule has 4 heterocycles. The molecule has 3 aliphatic heterocycles. The number of hydrogen-bond acceptors (Lipinski definition) is 5. The van der Waals surface area contributed by atoms with Crippen molar-refractivity contribution in [2.24, 2.45) is 0 Å². The lowest BCUT2D eigenvalue weighted by atomic mass is 9.93. The van der Waals surface area contributed by atoms with Crippen molar-refractivity contribution in [2.75, 3.05) is 20.1 Å². The standard InChI is InChI=1S/C19H20ClN3OS/c1-22-8-6-19(7-9-22)23-16(12-15(21-23)18-3-2-10-25-18)14-11-13(20)4-5-17(14)24-19/h2-5,10-12,16,21H,6-9H2,1H3. The van der Waals surface area contributed by atoms with Gasteiger partial charge in [-0.1, -0.05) is 17.7 Å². The van der Waals surface area contributed by atoms with Crippen LogP contribution in [-0.2, 0) is 0 Å². The van der Waals surface area contributed by atoms with Crippen LogP contribution in [0.5, 0.6) is 5.75 Å². The SMILES string of the molecule is CN1CCC2(CC1)Oc1ccc(Cl)cc1C1C=C(c3cccs3)NN12. The number of nitrogens with one attached hydrogen (secondary N) is 1. The molecule has 1 N–H and O–H groups in total. The zero-order valence-electron chi connectivity index (χ0n) is 14.0. The van der Waals surface area contributed by atoms with Crippen LogP contribution in [0.4, 0.5) is 0 Å². The van der Waals surface area contributed by atoms with Gasteiger partial charge in [0.25, 0.3) is 0 Å². The quantitative estimate of drug-likeness (QED) is 0.813. The van der Waals surface area contributed by atoms with Gasteiger partial charge in [-0.25, -0.2) is 0 Å². The van der Waals surface area contributed by atoms with Gasteiger partial charge < -0.3 is 15.1 Å². The van der Waals surface area contributed by atoms with E-state index >= 15 is 0 Å². The predicted molar refractivity (Wildman–Crippen MR) is 102 cm³/mol. The van der Waals surface area contributed by atoms with Crippen LogP contribution in [-0.4, -0.2) is 35.8 Å². The van der Waals surface area contributed by atoms with Gasteiger partial charge in [0, 0.05) is 36.5 Å². The smallest absolute Gasteiger partial charge is 0.182 e. The Labute approximate surface area is 156 Å². The fourth-order valence-electron chi connectivity index (χ4n) is 4.03. The average Bonchev–Trinajstić information content (AvgIpc) is 3.28. The first-order valence-corrected chi connectivity index (χ1v) is 9.89. The summed E-state index contributed by atoms with van der Waals surface area (Å²) in [6.45, 7) is 2.06. The van der Waals surface area contributed by atoms with E-state index in [1.807, 2.05) is 18.2 Å². The fourth-order valence-corrected chi connectivity index (χ4v) is 4.91. The summed E-state index contributed by atoms with van der Waals surface area (Å²) >= 11 is 8.03. The van der Waals surface area contributed by atoms with Gasteiger partial charge in [0.15, 0.2) is 5.72 Å². The Morgan fingerprint density at radius 1 is 1.28 bits per heavy atom. The third-order valence-electron chi connectivity index (χ3n) is 5.43. The molecule has 0 saturated carbocycles. The van der Waals surface area contributed by atoms with Crippen LogP contribution in [0.25, 0.3) is 5.70 Å². The van der Waals surface area contributed by atoms with Gasteiger partial charge in [-0.3, -0.25) is 0 Å². The van der Waals surface area contributed by atoms with Crippen LogP contribution >= 0.6 is 22.9 Å². The van der Waals surface area contributed by atoms with E-state index in [-0.39, 0.29) is 11.8 Å². The normalized spacial score (nSPS) is 25.0. The average molecular weight is 374 g/mol. The van der Waals surface area contributed by atoms with E-state index in [4.69, 9.17) is 16.3 Å². The molecule has 1 aromatic carbocycles. The Balaban J connectivity index is 1.60. The largest absolute Gasteiger partial charge is 0.470 e. The van der Waals surface area contributed by atoms with Crippen LogP contribution in [0.2, 0.25) is 5.02 Å². The molecule has 3 aliphatic rings. The first-order chi connectivity index (χ1) is 12.1. The molecule has 4 nitrogen and oxygen atoms in total. The predicted octanol–water partition coefficient (Wildman–Crippen LogP) is 4.12. The van der Waals surface area contributed by atoms with Gasteiger partial charge in [-0.05, 0) is 42.8 Å². The minimum atomic E-state index is -0.312. The minimum Gasteiger partial charge on any atom is -0.470 e. The molecule has 130 valence electrons. The first kappa shape index (κ1) is 15.7. The van der Waals surface area contributed by atoms with Crippen LogP contribution in [0.1, 0.15) is 29.3 Å². The summed E-state index contributed by atoms with van der Waals surface area (Å²) in [6, 6.07) is 10.4. The molecule has 1 unspecified atom stereocenters. The van der Waals surface area contributed by atoms with E-state index in [0.29, 0.717) is 0 Å². The van der Waals surface area contributed by atoms with E-state index in [1.165, 1.54) is 4.88 Å². The maximum absolute atomic E-state index is 6.59. The van der Waals surface area contributed by atoms with Crippen molar-refractivity contribution in [2.45, 2.75) is 24.6 Å². The second-order valence-electron chi connectivity index (χ2n) is 7.02. The molecular formula is C19H20ClN3OS. The lowest BCUT2D eigenvalue weighted by molar-refractivity contribution is -0.157. The lowest BCUT2D eigenvalue weighted by Gasteiger charge is -2.51. The Morgan fingerprint density at radius 2 is 2.12 bits per heavy atom. The molecule has 0 amide bonds. The summed E-state index contributed by atoms with van der Waals surface area (Å²) in [6.07, 6.45) is 4.25. The highest BCUT2D eigenvalue weighted by Crippen LogP contribution is 2.49. The van der Waals surface area contributed by atoms with Crippen molar-refractivity contribution in [1.82, 2.24) is 15.3 Å². The number of halogens is 1. The molecule has 0 radical (unpaired) electrons. The number of hydrazine groups is 1. The number of ether oxygens (including phenoxy) is 1. The second kappa shape index (κ2) is 5.74. The van der Waals surface area contributed by atoms with Crippen molar-refractivity contribution in [3.05, 3.63) is 57.3 Å². The Morgan fingerprint density at radius 3 is 2.88 bits per heavy atom. The zero-order valence-corrected chi connectivity index (χ0v) is 15.6. The highest BCUT2D eigenvalue weighted by atomic mass is 35.5. The molecule has 2 aromatic rings. The van der Waals surface area contributed by atoms with Crippen molar-refractivity contribution in [3.63, 3.8) is 0 Å². The van der Waals surface area contributed by atoms with Crippen LogP contribution < -0.4 is 10.2 Å². The van der Waals surface area contributed by atoms with E-state index in [2.05, 4.69) is 46.0 Å². The maximum Gasteiger partial charge on any atom is 0.182 e. The summed E-state index contributed by atoms with van der Waals surface area (Å²) in [4.78, 5) is 3.62. The molecule has 1 fully saturated rings. The van der Waals surface area contributed by atoms with E-state index in [1.54, 1.807) is 11.3 Å². The van der Waals surface area contributed by atoms with Crippen LogP contribution in [0.3, 0.4) is 0 Å². The molecule has 25 heavy (non-hydrogen) atoms. The number of likely N-dealkylation sites (tertiary alicyclic amines) is 1. The number of hydrogen-bond donors (Lipinski definition) is 1. The summed E-state index contributed by atoms with van der Waals surface area (Å²) in [5.74, 6) is 0.959. The van der Waals surface area contributed by atoms with E-state index in [9.17, 15) is 0 Å². The summed E-state index contributed by atoms with van der Waals surface area (Å²) < 4.78 is 6.59. The summed E-state index contributed by atoms with van der Waals surface area (Å²) in [5, 5.41) is 5.18. The minimum absolute atomic E-state index is 0.142. The summed E-state index contributed by atoms with van der Waals surface area (Å²) in [7, 11) is 2.17. The third-order valence-corrected chi connectivity index (χ3v) is 6.57. The first-order valence-electron chi connectivity index (χ1n) is 8.63. The van der Waals surface area contributed by atoms with Gasteiger partial charge in [0.05, 0.1) is 16.6 Å². The number of nitrogens with zero attached hydrogens (tertiary/aromatic N) is 2. The monoisotopic (exact) mass is 373 g/mol. The number of fused-ring (bicyclic) bond motifs is 4. The third kappa shape index (κ3) is 2.49. The van der Waals surface area contributed by atoms with Gasteiger partial charge >= 0.3 is 0 Å². The second-order valence-corrected chi connectivity index (χ2v) is 8.40. The van der Waals surface area contributed by atoms with Crippen molar-refractivity contribution in [3.8, 4) is 5.75 Å². The molecule has 1 atom stereocenters. The van der Waals surface area contributed by atoms with Crippen molar-refractivity contribution in [1.29, 1.82) is 0 Å². The number of thiophene rings is 1. The molecule has 0 bridgehead atoms. The molecule has 5 rings (SSSR count). The zero-order chi connectivity index (χ0) is 17.0. The Bertz CT molecular complexity index is 827. The highest BCUT2D eigenvalue weighted by Gasteiger charge is 2.51. The van der Waals surface area contributed by atoms with Gasteiger partial charge in [0.1, 0.15) is 5.75 Å². The van der Waals surface area contributed by atoms with E-state index in [0.717, 1.165) is 48.0 Å². The molecule has 1 aromatic heterocycles. The maximum atomic E-state index is 6.59. The number of benzene rings is 1. The molecular weight excluding hydrogens is 354 g/mol. The van der Waals surface area contributed by atoms with E-state index < -0.39 is 0 Å². The van der Waals surface area contributed by atoms with Crippen LogP contribution in [0, 0.1) is 0 Å². The fraction of sp³-hybridized carbons (Fsp3) is 0.368. The molecule has 1 saturated heterocycles. The number of piperidine rings is 1. The molecule has 1 spiro atoms. The Kier molecular flexibility index (Phi) is 3.61. The van der Waals surface area contributed by atoms with Crippen molar-refractivity contribution >= 4 is 28.6 Å². The van der Waals surface area contributed by atoms with Gasteiger partial charge in [0.2, 0.25) is 0 Å². The topological polar surface area (TPSA) is 27.7 Å². The lowest BCUT2D eigenvalue weighted by Crippen LogP contribution is -2.63. The number of rotatable bonds is 1. The van der Waals surface area contributed by atoms with Crippen LogP contribution in [0.15, 0.2) is 41.8 Å². The Hall–Kier alpha value is -1.53. The molecule has 0 aliphatic carbocycles. The molecule has 6 heteroatoms. The highest BCUT2D eigenvalue weighted by molar-refractivity contribution is 7.11.